The smallest absolute Gasteiger partial charge is 0.222 e. The van der Waals surface area contributed by atoms with E-state index in [2.05, 4.69) is 23.8 Å². The maximum Gasteiger partial charge on any atom is 0.222 e. The third-order valence-corrected chi connectivity index (χ3v) is 4.19. The number of nitrogens with zero attached hydrogens (tertiary/aromatic N) is 2. The number of phenolic OH excluding ortho intramolecular Hbond substituents is 1. The van der Waals surface area contributed by atoms with Crippen molar-refractivity contribution in [2.24, 2.45) is 0 Å². The molecular weight excluding hydrogens is 324 g/mol. The Kier molecular flexibility index (Phi) is 4.40. The Bertz CT molecular complexity index is 813. The number of phenols is 1. The fourth-order valence-corrected chi connectivity index (χ4v) is 2.57. The van der Waals surface area contributed by atoms with Crippen molar-refractivity contribution < 1.29 is 9.84 Å². The van der Waals surface area contributed by atoms with Gasteiger partial charge in [0.1, 0.15) is 11.5 Å². The van der Waals surface area contributed by atoms with Crippen LogP contribution in [0.5, 0.6) is 17.2 Å². The highest BCUT2D eigenvalue weighted by Crippen LogP contribution is 2.33. The van der Waals surface area contributed by atoms with Gasteiger partial charge in [-0.15, -0.1) is 0 Å². The van der Waals surface area contributed by atoms with Crippen LogP contribution in [-0.2, 0) is 5.41 Å². The van der Waals surface area contributed by atoms with Crippen LogP contribution in [0.25, 0.3) is 0 Å². The maximum atomic E-state index is 9.45. The highest BCUT2D eigenvalue weighted by atomic mass is 35.5. The minimum Gasteiger partial charge on any atom is -0.508 e. The van der Waals surface area contributed by atoms with Gasteiger partial charge in [0.25, 0.3) is 0 Å². The second-order valence-corrected chi connectivity index (χ2v) is 6.32. The fourth-order valence-electron chi connectivity index (χ4n) is 2.47. The van der Waals surface area contributed by atoms with Crippen LogP contribution >= 0.6 is 11.6 Å². The summed E-state index contributed by atoms with van der Waals surface area (Å²) in [5.41, 5.74) is 2.09. The first kappa shape index (κ1) is 16.3. The van der Waals surface area contributed by atoms with Gasteiger partial charge in [-0.25, -0.2) is 9.97 Å². The van der Waals surface area contributed by atoms with Gasteiger partial charge in [-0.2, -0.15) is 0 Å². The third-order valence-electron chi connectivity index (χ3n) is 4.00. The van der Waals surface area contributed by atoms with Gasteiger partial charge in [-0.3, -0.25) is 0 Å². The lowest BCUT2D eigenvalue weighted by Crippen LogP contribution is -2.18. The lowest BCUT2D eigenvalue weighted by Gasteiger charge is -2.26. The number of ether oxygens (including phenoxy) is 1. The van der Waals surface area contributed by atoms with Crippen LogP contribution in [0, 0.1) is 0 Å². The van der Waals surface area contributed by atoms with Crippen LogP contribution in [0.1, 0.15) is 25.0 Å². The molecule has 0 aliphatic rings. The van der Waals surface area contributed by atoms with E-state index in [9.17, 15) is 5.11 Å². The second kappa shape index (κ2) is 6.49. The molecular formula is C19H17ClN2O2. The van der Waals surface area contributed by atoms with Crippen LogP contribution in [0.2, 0.25) is 5.28 Å². The summed E-state index contributed by atoms with van der Waals surface area (Å²) in [6, 6.07) is 15.1. The van der Waals surface area contributed by atoms with Gasteiger partial charge in [0.15, 0.2) is 5.75 Å². The largest absolute Gasteiger partial charge is 0.508 e. The van der Waals surface area contributed by atoms with Crippen LogP contribution in [0.3, 0.4) is 0 Å². The lowest BCUT2D eigenvalue weighted by atomic mass is 9.78. The van der Waals surface area contributed by atoms with Gasteiger partial charge in [0.2, 0.25) is 5.28 Å². The van der Waals surface area contributed by atoms with Crippen LogP contribution in [0.4, 0.5) is 0 Å². The molecule has 5 heteroatoms. The maximum absolute atomic E-state index is 9.45. The molecule has 1 aromatic heterocycles. The van der Waals surface area contributed by atoms with Crippen molar-refractivity contribution in [1.29, 1.82) is 0 Å². The van der Waals surface area contributed by atoms with E-state index in [0.29, 0.717) is 11.5 Å². The Morgan fingerprint density at radius 1 is 0.833 bits per heavy atom. The van der Waals surface area contributed by atoms with Crippen molar-refractivity contribution in [2.75, 3.05) is 0 Å². The first-order chi connectivity index (χ1) is 11.4. The van der Waals surface area contributed by atoms with E-state index in [1.165, 1.54) is 12.4 Å². The predicted molar refractivity (Wildman–Crippen MR) is 93.8 cm³/mol. The average molecular weight is 341 g/mol. The minimum atomic E-state index is -0.185. The Labute approximate surface area is 145 Å². The zero-order valence-corrected chi connectivity index (χ0v) is 14.2. The summed E-state index contributed by atoms with van der Waals surface area (Å²) in [7, 11) is 0. The highest BCUT2D eigenvalue weighted by molar-refractivity contribution is 6.28. The molecule has 1 heterocycles. The normalized spacial score (nSPS) is 11.3. The van der Waals surface area contributed by atoms with Crippen molar-refractivity contribution in [3.8, 4) is 17.2 Å². The van der Waals surface area contributed by atoms with E-state index in [4.69, 9.17) is 16.3 Å². The average Bonchev–Trinajstić information content (AvgIpc) is 2.58. The molecule has 0 spiro atoms. The summed E-state index contributed by atoms with van der Waals surface area (Å²) in [5.74, 6) is 1.50. The Morgan fingerprint density at radius 3 is 1.88 bits per heavy atom. The monoisotopic (exact) mass is 340 g/mol. The first-order valence-electron chi connectivity index (χ1n) is 7.50. The van der Waals surface area contributed by atoms with Crippen molar-refractivity contribution in [1.82, 2.24) is 9.97 Å². The van der Waals surface area contributed by atoms with E-state index >= 15 is 0 Å². The number of hydrogen-bond donors (Lipinski definition) is 1. The van der Waals surface area contributed by atoms with Gasteiger partial charge in [-0.05, 0) is 47.0 Å². The summed E-state index contributed by atoms with van der Waals surface area (Å²) in [5, 5.41) is 9.64. The Balaban J connectivity index is 1.80. The van der Waals surface area contributed by atoms with Crippen molar-refractivity contribution in [3.05, 3.63) is 77.3 Å². The van der Waals surface area contributed by atoms with E-state index in [0.717, 1.165) is 11.1 Å². The molecule has 0 aliphatic heterocycles. The molecule has 24 heavy (non-hydrogen) atoms. The van der Waals surface area contributed by atoms with Crippen molar-refractivity contribution in [2.45, 2.75) is 19.3 Å². The van der Waals surface area contributed by atoms with Gasteiger partial charge < -0.3 is 9.84 Å². The zero-order chi connectivity index (χ0) is 17.2. The molecule has 0 unspecified atom stereocenters. The van der Waals surface area contributed by atoms with Gasteiger partial charge in [0, 0.05) is 5.41 Å². The molecule has 2 aromatic carbocycles. The summed E-state index contributed by atoms with van der Waals surface area (Å²) in [6.07, 6.45) is 3.06. The van der Waals surface area contributed by atoms with Crippen molar-refractivity contribution >= 4 is 11.6 Å². The van der Waals surface area contributed by atoms with E-state index < -0.39 is 0 Å². The molecule has 4 nitrogen and oxygen atoms in total. The van der Waals surface area contributed by atoms with Crippen LogP contribution < -0.4 is 4.74 Å². The number of hydrogen-bond acceptors (Lipinski definition) is 4. The summed E-state index contributed by atoms with van der Waals surface area (Å²) in [4.78, 5) is 7.78. The molecule has 0 amide bonds. The molecule has 3 aromatic rings. The molecule has 1 N–H and O–H groups in total. The van der Waals surface area contributed by atoms with Crippen LogP contribution in [-0.4, -0.2) is 15.1 Å². The summed E-state index contributed by atoms with van der Waals surface area (Å²) in [6.45, 7) is 4.28. The molecule has 0 saturated heterocycles. The first-order valence-corrected chi connectivity index (χ1v) is 7.88. The number of benzene rings is 2. The summed E-state index contributed by atoms with van der Waals surface area (Å²) >= 11 is 5.66. The predicted octanol–water partition coefficient (Wildman–Crippen LogP) is 4.95. The van der Waals surface area contributed by atoms with Gasteiger partial charge in [-0.1, -0.05) is 38.1 Å². The molecule has 0 fully saturated rings. The summed E-state index contributed by atoms with van der Waals surface area (Å²) < 4.78 is 5.71. The fraction of sp³-hybridized carbons (Fsp3) is 0.158. The molecule has 0 radical (unpaired) electrons. The number of aromatic hydroxyl groups is 1. The van der Waals surface area contributed by atoms with E-state index in [1.54, 1.807) is 12.1 Å². The highest BCUT2D eigenvalue weighted by Gasteiger charge is 2.23. The topological polar surface area (TPSA) is 55.2 Å². The molecule has 3 rings (SSSR count). The molecule has 0 saturated carbocycles. The third kappa shape index (κ3) is 3.49. The number of halogens is 1. The zero-order valence-electron chi connectivity index (χ0n) is 13.4. The number of rotatable bonds is 4. The molecule has 0 atom stereocenters. The van der Waals surface area contributed by atoms with Gasteiger partial charge >= 0.3 is 0 Å². The van der Waals surface area contributed by atoms with Gasteiger partial charge in [0.05, 0.1) is 12.4 Å². The quantitative estimate of drug-likeness (QED) is 0.682. The van der Waals surface area contributed by atoms with E-state index in [-0.39, 0.29) is 16.4 Å². The van der Waals surface area contributed by atoms with Crippen LogP contribution in [0.15, 0.2) is 60.9 Å². The SMILES string of the molecule is CC(C)(c1ccc(O)cc1)c1ccc(Oc2cnc(Cl)nc2)cc1. The van der Waals surface area contributed by atoms with E-state index in [1.807, 2.05) is 36.4 Å². The molecule has 122 valence electrons. The lowest BCUT2D eigenvalue weighted by molar-refractivity contribution is 0.474. The second-order valence-electron chi connectivity index (χ2n) is 5.99. The minimum absolute atomic E-state index is 0.185. The molecule has 0 bridgehead atoms. The van der Waals surface area contributed by atoms with Crippen molar-refractivity contribution in [3.63, 3.8) is 0 Å². The standard InChI is InChI=1S/C19H17ClN2O2/c1-19(2,13-3-7-15(23)8-4-13)14-5-9-16(10-6-14)24-17-11-21-18(20)22-12-17/h3-12,23H,1-2H3. The molecule has 0 aliphatic carbocycles. The Morgan fingerprint density at radius 2 is 1.33 bits per heavy atom. The number of aromatic nitrogens is 2. The Hall–Kier alpha value is -2.59.